The molecule has 0 saturated carbocycles. The van der Waals surface area contributed by atoms with Crippen molar-refractivity contribution in [2.45, 2.75) is 33.4 Å². The van der Waals surface area contributed by atoms with Crippen LogP contribution >= 0.6 is 0 Å². The second kappa shape index (κ2) is 4.26. The van der Waals surface area contributed by atoms with E-state index in [4.69, 9.17) is 5.11 Å². The first kappa shape index (κ1) is 9.26. The highest BCUT2D eigenvalue weighted by Crippen LogP contribution is 2.05. The molecule has 0 saturated heterocycles. The third-order valence-electron chi connectivity index (χ3n) is 2.06. The van der Waals surface area contributed by atoms with Gasteiger partial charge in [0.2, 0.25) is 0 Å². The van der Waals surface area contributed by atoms with Gasteiger partial charge < -0.3 is 5.11 Å². The molecule has 0 spiro atoms. The second-order valence-corrected chi connectivity index (χ2v) is 3.24. The highest BCUT2D eigenvalue weighted by atomic mass is 16.3. The molecule has 1 atom stereocenters. The summed E-state index contributed by atoms with van der Waals surface area (Å²) in [7, 11) is 0. The Morgan fingerprint density at radius 2 is 2.42 bits per heavy atom. The summed E-state index contributed by atoms with van der Waals surface area (Å²) < 4.78 is 1.89. The Morgan fingerprint density at radius 3 is 2.92 bits per heavy atom. The minimum absolute atomic E-state index is 0.0838. The number of aromatic nitrogens is 2. The van der Waals surface area contributed by atoms with E-state index in [1.165, 1.54) is 0 Å². The molecule has 0 fully saturated rings. The Morgan fingerprint density at radius 1 is 1.67 bits per heavy atom. The van der Waals surface area contributed by atoms with Crippen LogP contribution in [0.5, 0.6) is 0 Å². The third-order valence-corrected chi connectivity index (χ3v) is 2.06. The van der Waals surface area contributed by atoms with E-state index in [0.717, 1.165) is 18.5 Å². The summed E-state index contributed by atoms with van der Waals surface area (Å²) in [5.74, 6) is 0.649. The van der Waals surface area contributed by atoms with Gasteiger partial charge in [-0.2, -0.15) is 5.10 Å². The second-order valence-electron chi connectivity index (χ2n) is 3.24. The van der Waals surface area contributed by atoms with Crippen molar-refractivity contribution >= 4 is 0 Å². The van der Waals surface area contributed by atoms with Gasteiger partial charge in [0.1, 0.15) is 0 Å². The molecule has 0 amide bonds. The predicted molar refractivity (Wildman–Crippen MR) is 47.6 cm³/mol. The smallest absolute Gasteiger partial charge is 0.0712 e. The lowest BCUT2D eigenvalue weighted by atomic mass is 10.1. The molecule has 1 aromatic heterocycles. The standard InChI is InChI=1S/C9H16N2O/c1-3-8(2)5-11-6-9(7-12)4-10-11/h4,6,8,12H,3,5,7H2,1-2H3. The van der Waals surface area contributed by atoms with Gasteiger partial charge in [-0.3, -0.25) is 4.68 Å². The average molecular weight is 168 g/mol. The van der Waals surface area contributed by atoms with Gasteiger partial charge in [-0.25, -0.2) is 0 Å². The van der Waals surface area contributed by atoms with Crippen LogP contribution in [-0.4, -0.2) is 14.9 Å². The molecule has 0 aliphatic carbocycles. The molecule has 1 heterocycles. The van der Waals surface area contributed by atoms with Crippen LogP contribution in [0.3, 0.4) is 0 Å². The maximum absolute atomic E-state index is 8.79. The zero-order chi connectivity index (χ0) is 8.97. The molecule has 0 aromatic carbocycles. The first-order valence-electron chi connectivity index (χ1n) is 4.38. The third kappa shape index (κ3) is 2.34. The average Bonchev–Trinajstić information content (AvgIpc) is 2.52. The number of hydrogen-bond acceptors (Lipinski definition) is 2. The molecule has 68 valence electrons. The van der Waals surface area contributed by atoms with Gasteiger partial charge in [-0.1, -0.05) is 20.3 Å². The highest BCUT2D eigenvalue weighted by Gasteiger charge is 2.01. The van der Waals surface area contributed by atoms with Crippen LogP contribution in [0.4, 0.5) is 0 Å². The summed E-state index contributed by atoms with van der Waals surface area (Å²) in [6, 6.07) is 0. The van der Waals surface area contributed by atoms with Crippen molar-refractivity contribution in [3.8, 4) is 0 Å². The Kier molecular flexibility index (Phi) is 3.29. The predicted octanol–water partition coefficient (Wildman–Crippen LogP) is 1.42. The summed E-state index contributed by atoms with van der Waals surface area (Å²) >= 11 is 0. The van der Waals surface area contributed by atoms with Crippen molar-refractivity contribution in [3.05, 3.63) is 18.0 Å². The molecule has 0 bridgehead atoms. The zero-order valence-electron chi connectivity index (χ0n) is 7.70. The minimum Gasteiger partial charge on any atom is -0.392 e. The fraction of sp³-hybridized carbons (Fsp3) is 0.667. The van der Waals surface area contributed by atoms with Gasteiger partial charge in [0, 0.05) is 18.3 Å². The van der Waals surface area contributed by atoms with Crippen LogP contribution in [-0.2, 0) is 13.2 Å². The van der Waals surface area contributed by atoms with Crippen molar-refractivity contribution < 1.29 is 5.11 Å². The Bertz CT molecular complexity index is 232. The van der Waals surface area contributed by atoms with Crippen molar-refractivity contribution in [3.63, 3.8) is 0 Å². The molecule has 0 radical (unpaired) electrons. The fourth-order valence-electron chi connectivity index (χ4n) is 1.04. The molecule has 12 heavy (non-hydrogen) atoms. The number of aliphatic hydroxyl groups excluding tert-OH is 1. The van der Waals surface area contributed by atoms with Crippen LogP contribution in [0, 0.1) is 5.92 Å². The molecule has 3 heteroatoms. The summed E-state index contributed by atoms with van der Waals surface area (Å²) in [6.45, 7) is 5.39. The normalized spacial score (nSPS) is 13.2. The van der Waals surface area contributed by atoms with Crippen molar-refractivity contribution in [1.82, 2.24) is 9.78 Å². The van der Waals surface area contributed by atoms with Gasteiger partial charge >= 0.3 is 0 Å². The molecule has 1 unspecified atom stereocenters. The van der Waals surface area contributed by atoms with Crippen molar-refractivity contribution in [2.75, 3.05) is 0 Å². The van der Waals surface area contributed by atoms with Gasteiger partial charge in [-0.05, 0) is 5.92 Å². The van der Waals surface area contributed by atoms with E-state index in [1.807, 2.05) is 10.9 Å². The topological polar surface area (TPSA) is 38.0 Å². The van der Waals surface area contributed by atoms with E-state index in [-0.39, 0.29) is 6.61 Å². The molecule has 0 aliphatic rings. The van der Waals surface area contributed by atoms with E-state index in [9.17, 15) is 0 Å². The van der Waals surface area contributed by atoms with E-state index >= 15 is 0 Å². The van der Waals surface area contributed by atoms with Gasteiger partial charge in [0.05, 0.1) is 12.8 Å². The molecule has 1 rings (SSSR count). The molecule has 0 aliphatic heterocycles. The lowest BCUT2D eigenvalue weighted by Crippen LogP contribution is -2.06. The van der Waals surface area contributed by atoms with Crippen LogP contribution in [0.1, 0.15) is 25.8 Å². The Balaban J connectivity index is 2.52. The molecular weight excluding hydrogens is 152 g/mol. The van der Waals surface area contributed by atoms with Crippen LogP contribution in [0.2, 0.25) is 0 Å². The number of aliphatic hydroxyl groups is 1. The first-order chi connectivity index (χ1) is 5.76. The lowest BCUT2D eigenvalue weighted by molar-refractivity contribution is 0.281. The van der Waals surface area contributed by atoms with Crippen LogP contribution in [0.15, 0.2) is 12.4 Å². The van der Waals surface area contributed by atoms with Gasteiger partial charge in [0.25, 0.3) is 0 Å². The number of nitrogens with zero attached hydrogens (tertiary/aromatic N) is 2. The maximum Gasteiger partial charge on any atom is 0.0712 e. The summed E-state index contributed by atoms with van der Waals surface area (Å²) in [5.41, 5.74) is 0.887. The molecular formula is C9H16N2O. The maximum atomic E-state index is 8.79. The fourth-order valence-corrected chi connectivity index (χ4v) is 1.04. The zero-order valence-corrected chi connectivity index (χ0v) is 7.70. The van der Waals surface area contributed by atoms with E-state index in [0.29, 0.717) is 5.92 Å². The quantitative estimate of drug-likeness (QED) is 0.738. The molecule has 1 aromatic rings. The summed E-state index contributed by atoms with van der Waals surface area (Å²) in [6.07, 6.45) is 4.77. The SMILES string of the molecule is CCC(C)Cn1cc(CO)cn1. The number of hydrogen-bond donors (Lipinski definition) is 1. The summed E-state index contributed by atoms with van der Waals surface area (Å²) in [5, 5.41) is 12.9. The molecule has 1 N–H and O–H groups in total. The molecule has 3 nitrogen and oxygen atoms in total. The monoisotopic (exact) mass is 168 g/mol. The largest absolute Gasteiger partial charge is 0.392 e. The van der Waals surface area contributed by atoms with Gasteiger partial charge in [-0.15, -0.1) is 0 Å². The van der Waals surface area contributed by atoms with Crippen LogP contribution < -0.4 is 0 Å². The van der Waals surface area contributed by atoms with E-state index in [1.54, 1.807) is 6.20 Å². The van der Waals surface area contributed by atoms with Crippen molar-refractivity contribution in [2.24, 2.45) is 5.92 Å². The van der Waals surface area contributed by atoms with Gasteiger partial charge in [0.15, 0.2) is 0 Å². The lowest BCUT2D eigenvalue weighted by Gasteiger charge is -2.07. The van der Waals surface area contributed by atoms with E-state index < -0.39 is 0 Å². The van der Waals surface area contributed by atoms with Crippen LogP contribution in [0.25, 0.3) is 0 Å². The first-order valence-corrected chi connectivity index (χ1v) is 4.38. The Labute approximate surface area is 73.0 Å². The van der Waals surface area contributed by atoms with E-state index in [2.05, 4.69) is 18.9 Å². The highest BCUT2D eigenvalue weighted by molar-refractivity contribution is 5.01. The minimum atomic E-state index is 0.0838. The Hall–Kier alpha value is -0.830. The number of rotatable bonds is 4. The summed E-state index contributed by atoms with van der Waals surface area (Å²) in [4.78, 5) is 0. The van der Waals surface area contributed by atoms with Crippen molar-refractivity contribution in [1.29, 1.82) is 0 Å².